The van der Waals surface area contributed by atoms with Crippen molar-refractivity contribution in [2.75, 3.05) is 19.0 Å². The molecule has 182 valence electrons. The molecule has 1 amide bonds. The van der Waals surface area contributed by atoms with E-state index in [4.69, 9.17) is 4.74 Å². The lowest BCUT2D eigenvalue weighted by atomic mass is 9.88. The van der Waals surface area contributed by atoms with Gasteiger partial charge in [-0.2, -0.15) is 0 Å². The van der Waals surface area contributed by atoms with E-state index in [0.29, 0.717) is 12.3 Å². The van der Waals surface area contributed by atoms with Crippen molar-refractivity contribution < 1.29 is 29.3 Å². The van der Waals surface area contributed by atoms with E-state index in [-0.39, 0.29) is 23.0 Å². The van der Waals surface area contributed by atoms with Crippen LogP contribution in [-0.4, -0.2) is 47.0 Å². The second-order valence-corrected chi connectivity index (χ2v) is 8.35. The van der Waals surface area contributed by atoms with Crippen LogP contribution in [0.3, 0.4) is 0 Å². The maximum absolute atomic E-state index is 11.6. The first kappa shape index (κ1) is 24.2. The number of carbonyl (C=O) groups is 2. The van der Waals surface area contributed by atoms with Crippen LogP contribution in [0.1, 0.15) is 39.6 Å². The summed E-state index contributed by atoms with van der Waals surface area (Å²) >= 11 is 0. The van der Waals surface area contributed by atoms with Crippen molar-refractivity contribution in [3.63, 3.8) is 0 Å². The summed E-state index contributed by atoms with van der Waals surface area (Å²) in [6.07, 6.45) is 4.63. The van der Waals surface area contributed by atoms with Crippen molar-refractivity contribution in [3.8, 4) is 11.5 Å². The van der Waals surface area contributed by atoms with E-state index in [9.17, 15) is 19.8 Å². The van der Waals surface area contributed by atoms with E-state index in [2.05, 4.69) is 20.4 Å². The molecule has 9 nitrogen and oxygen atoms in total. The summed E-state index contributed by atoms with van der Waals surface area (Å²) in [5, 5.41) is 25.7. The number of carboxylic acid groups (broad SMARTS) is 1. The second-order valence-electron chi connectivity index (χ2n) is 8.35. The summed E-state index contributed by atoms with van der Waals surface area (Å²) < 4.78 is 10.5. The molecule has 3 aromatic rings. The number of methoxy groups -OCH3 is 1. The third-order valence-corrected chi connectivity index (χ3v) is 5.90. The quantitative estimate of drug-likeness (QED) is 0.384. The van der Waals surface area contributed by atoms with Crippen molar-refractivity contribution >= 4 is 17.7 Å². The highest BCUT2D eigenvalue weighted by atomic mass is 16.5. The van der Waals surface area contributed by atoms with Gasteiger partial charge in [0.2, 0.25) is 0 Å². The Morgan fingerprint density at radius 1 is 1.14 bits per heavy atom. The lowest BCUT2D eigenvalue weighted by Crippen LogP contribution is -2.37. The smallest absolute Gasteiger partial charge is 0.411 e. The lowest BCUT2D eigenvalue weighted by molar-refractivity contribution is 0.0696. The van der Waals surface area contributed by atoms with Crippen molar-refractivity contribution in [2.45, 2.75) is 31.4 Å². The van der Waals surface area contributed by atoms with Gasteiger partial charge in [0.25, 0.3) is 0 Å². The summed E-state index contributed by atoms with van der Waals surface area (Å²) in [7, 11) is 1.22. The van der Waals surface area contributed by atoms with Crippen LogP contribution in [0.2, 0.25) is 0 Å². The Morgan fingerprint density at radius 2 is 2.00 bits per heavy atom. The molecule has 1 aliphatic rings. The first-order valence-electron chi connectivity index (χ1n) is 11.3. The first-order valence-corrected chi connectivity index (χ1v) is 11.3. The number of fused-ring (bicyclic) bond motifs is 1. The molecule has 9 heteroatoms. The molecule has 0 saturated carbocycles. The van der Waals surface area contributed by atoms with Crippen molar-refractivity contribution in [1.82, 2.24) is 10.3 Å². The van der Waals surface area contributed by atoms with Crippen molar-refractivity contribution in [2.24, 2.45) is 0 Å². The van der Waals surface area contributed by atoms with Gasteiger partial charge in [-0.3, -0.25) is 10.3 Å². The molecular formula is C26H27N3O6. The van der Waals surface area contributed by atoms with E-state index < -0.39 is 18.2 Å². The van der Waals surface area contributed by atoms with E-state index in [1.807, 2.05) is 24.3 Å². The van der Waals surface area contributed by atoms with Gasteiger partial charge in [0.15, 0.2) is 0 Å². The Hall–Kier alpha value is -3.95. The molecule has 0 saturated heterocycles. The van der Waals surface area contributed by atoms with Gasteiger partial charge in [-0.25, -0.2) is 9.59 Å². The van der Waals surface area contributed by atoms with Gasteiger partial charge >= 0.3 is 12.1 Å². The van der Waals surface area contributed by atoms with E-state index in [1.165, 1.54) is 30.9 Å². The molecule has 1 aliphatic carbocycles. The number of pyridine rings is 1. The highest BCUT2D eigenvalue weighted by Crippen LogP contribution is 2.31. The third-order valence-electron chi connectivity index (χ3n) is 5.90. The van der Waals surface area contributed by atoms with Crippen LogP contribution >= 0.6 is 0 Å². The van der Waals surface area contributed by atoms with Crippen LogP contribution in [0.25, 0.3) is 0 Å². The summed E-state index contributed by atoms with van der Waals surface area (Å²) in [6.45, 7) is 0.430. The van der Waals surface area contributed by atoms with Gasteiger partial charge in [0, 0.05) is 42.3 Å². The number of carboxylic acids is 1. The Labute approximate surface area is 202 Å². The van der Waals surface area contributed by atoms with Gasteiger partial charge in [-0.1, -0.05) is 12.1 Å². The Bertz CT molecular complexity index is 1200. The normalized spacial score (nSPS) is 15.5. The fraction of sp³-hybridized carbons (Fsp3) is 0.269. The number of ether oxygens (including phenoxy) is 2. The van der Waals surface area contributed by atoms with Gasteiger partial charge in [-0.05, 0) is 60.7 Å². The van der Waals surface area contributed by atoms with Crippen LogP contribution in [-0.2, 0) is 17.6 Å². The fourth-order valence-electron chi connectivity index (χ4n) is 4.10. The number of aryl methyl sites for hydroxylation is 1. The molecule has 1 heterocycles. The monoisotopic (exact) mass is 477 g/mol. The predicted octanol–water partition coefficient (Wildman–Crippen LogP) is 3.93. The zero-order valence-electron chi connectivity index (χ0n) is 19.2. The molecule has 0 spiro atoms. The number of benzene rings is 2. The molecule has 0 fully saturated rings. The summed E-state index contributed by atoms with van der Waals surface area (Å²) in [5.41, 5.74) is 3.36. The predicted molar refractivity (Wildman–Crippen MR) is 129 cm³/mol. The minimum absolute atomic E-state index is 0.0247. The molecule has 4 rings (SSSR count). The number of aromatic nitrogens is 1. The molecule has 4 N–H and O–H groups in total. The number of aliphatic hydroxyl groups is 1. The van der Waals surface area contributed by atoms with Gasteiger partial charge in [0.1, 0.15) is 11.5 Å². The molecule has 1 aromatic heterocycles. The van der Waals surface area contributed by atoms with Crippen molar-refractivity contribution in [3.05, 3.63) is 83.2 Å². The highest BCUT2D eigenvalue weighted by Gasteiger charge is 2.20. The number of anilines is 1. The lowest BCUT2D eigenvalue weighted by Gasteiger charge is -2.27. The zero-order chi connectivity index (χ0) is 24.8. The standard InChI is InChI=1S/C26H27N3O6/c1-34-26(33)29-21-10-19(25(31)32)12-23(13-21)35-22-7-5-16-4-6-20(9-18(16)11-22)28-15-24(30)17-3-2-8-27-14-17/h2-3,5,7-8,10-14,20,24,28,30H,4,6,9,15H2,1H3,(H,29,33)(H,31,32)/t20-,24-/m0/s1. The summed E-state index contributed by atoms with van der Waals surface area (Å²) in [6, 6.07) is 13.9. The maximum atomic E-state index is 11.6. The van der Waals surface area contributed by atoms with Crippen LogP contribution in [0, 0.1) is 0 Å². The van der Waals surface area contributed by atoms with Gasteiger partial charge in [-0.15, -0.1) is 0 Å². The summed E-state index contributed by atoms with van der Waals surface area (Å²) in [5.74, 6) is -0.302. The Morgan fingerprint density at radius 3 is 2.74 bits per heavy atom. The highest BCUT2D eigenvalue weighted by molar-refractivity contribution is 5.92. The van der Waals surface area contributed by atoms with E-state index >= 15 is 0 Å². The SMILES string of the molecule is COC(=O)Nc1cc(Oc2ccc3c(c2)C[C@@H](NC[C@H](O)c2cccnc2)CC3)cc(C(=O)O)c1. The molecule has 0 aliphatic heterocycles. The number of nitrogens with zero attached hydrogens (tertiary/aromatic N) is 1. The number of carbonyl (C=O) groups excluding carboxylic acids is 1. The zero-order valence-corrected chi connectivity index (χ0v) is 19.2. The average molecular weight is 478 g/mol. The van der Waals surface area contributed by atoms with Gasteiger partial charge in [0.05, 0.1) is 18.8 Å². The van der Waals surface area contributed by atoms with E-state index in [1.54, 1.807) is 18.5 Å². The largest absolute Gasteiger partial charge is 0.478 e. The van der Waals surface area contributed by atoms with Crippen molar-refractivity contribution in [1.29, 1.82) is 0 Å². The number of aliphatic hydroxyl groups excluding tert-OH is 1. The number of rotatable bonds is 8. The maximum Gasteiger partial charge on any atom is 0.411 e. The van der Waals surface area contributed by atoms with Gasteiger partial charge < -0.3 is 25.0 Å². The molecule has 0 radical (unpaired) electrons. The Balaban J connectivity index is 1.44. The van der Waals surface area contributed by atoms with Crippen LogP contribution in [0.15, 0.2) is 60.9 Å². The average Bonchev–Trinajstić information content (AvgIpc) is 2.87. The number of aromatic carboxylic acids is 1. The van der Waals surface area contributed by atoms with Crippen LogP contribution in [0.4, 0.5) is 10.5 Å². The number of nitrogens with one attached hydrogen (secondary N) is 2. The summed E-state index contributed by atoms with van der Waals surface area (Å²) in [4.78, 5) is 27.1. The van der Waals surface area contributed by atoms with Crippen LogP contribution < -0.4 is 15.4 Å². The molecule has 2 aromatic carbocycles. The molecule has 2 atom stereocenters. The van der Waals surface area contributed by atoms with E-state index in [0.717, 1.165) is 30.4 Å². The molecule has 35 heavy (non-hydrogen) atoms. The second kappa shape index (κ2) is 11.0. The molecule has 0 unspecified atom stereocenters. The number of hydrogen-bond donors (Lipinski definition) is 4. The third kappa shape index (κ3) is 6.34. The number of amides is 1. The topological polar surface area (TPSA) is 130 Å². The Kier molecular flexibility index (Phi) is 7.59. The molecule has 0 bridgehead atoms. The number of hydrogen-bond acceptors (Lipinski definition) is 7. The minimum Gasteiger partial charge on any atom is -0.478 e. The first-order chi connectivity index (χ1) is 16.9. The minimum atomic E-state index is -1.14. The van der Waals surface area contributed by atoms with Crippen LogP contribution in [0.5, 0.6) is 11.5 Å². The molecular weight excluding hydrogens is 450 g/mol. The fourth-order valence-corrected chi connectivity index (χ4v) is 4.10.